The van der Waals surface area contributed by atoms with Crippen molar-refractivity contribution in [3.05, 3.63) is 86.9 Å². The molecular weight excluding hydrogens is 527 g/mol. The van der Waals surface area contributed by atoms with Crippen molar-refractivity contribution in [2.45, 2.75) is 18.0 Å². The third-order valence-corrected chi connectivity index (χ3v) is 6.46. The lowest BCUT2D eigenvalue weighted by Gasteiger charge is -2.13. The van der Waals surface area contributed by atoms with Crippen LogP contribution in [0.25, 0.3) is 0 Å². The molecule has 0 saturated heterocycles. The monoisotopic (exact) mass is 543 g/mol. The van der Waals surface area contributed by atoms with E-state index in [4.69, 9.17) is 16.3 Å². The molecule has 2 N–H and O–H groups in total. The Bertz CT molecular complexity index is 1430. The molecule has 14 heteroatoms. The molecule has 0 aliphatic carbocycles. The number of sulfonamides is 1. The van der Waals surface area contributed by atoms with Gasteiger partial charge in [0.05, 0.1) is 31.7 Å². The molecule has 3 aromatic carbocycles. The van der Waals surface area contributed by atoms with Crippen molar-refractivity contribution in [1.29, 1.82) is 0 Å². The minimum Gasteiger partial charge on any atom is -0.482 e. The fraction of sp³-hybridized carbons (Fsp3) is 0.136. The summed E-state index contributed by atoms with van der Waals surface area (Å²) in [5.74, 6) is -0.696. The first kappa shape index (κ1) is 26.8. The second kappa shape index (κ2) is 10.4. The first-order valence-corrected chi connectivity index (χ1v) is 11.8. The van der Waals surface area contributed by atoms with Gasteiger partial charge in [-0.2, -0.15) is 13.2 Å². The lowest BCUT2D eigenvalue weighted by molar-refractivity contribution is -0.385. The van der Waals surface area contributed by atoms with E-state index in [1.54, 1.807) is 0 Å². The number of anilines is 2. The minimum atomic E-state index is -4.65. The molecule has 0 unspecified atom stereocenters. The van der Waals surface area contributed by atoms with Crippen LogP contribution in [0.15, 0.2) is 65.6 Å². The lowest BCUT2D eigenvalue weighted by Crippen LogP contribution is -2.21. The minimum absolute atomic E-state index is 0.0411. The van der Waals surface area contributed by atoms with E-state index in [1.165, 1.54) is 31.2 Å². The molecule has 0 aromatic heterocycles. The highest BCUT2D eigenvalue weighted by Gasteiger charge is 2.30. The van der Waals surface area contributed by atoms with E-state index < -0.39 is 39.2 Å². The number of carbonyl (C=O) groups excluding carboxylic acids is 1. The summed E-state index contributed by atoms with van der Waals surface area (Å²) in [6.45, 7) is 0.925. The second-order valence-electron chi connectivity index (χ2n) is 7.32. The Hall–Kier alpha value is -3.84. The Kier molecular flexibility index (Phi) is 7.74. The summed E-state index contributed by atoms with van der Waals surface area (Å²) in [6, 6.07) is 11.1. The van der Waals surface area contributed by atoms with Gasteiger partial charge >= 0.3 is 6.18 Å². The number of benzene rings is 3. The van der Waals surface area contributed by atoms with Crippen LogP contribution < -0.4 is 14.8 Å². The maximum Gasteiger partial charge on any atom is 0.416 e. The van der Waals surface area contributed by atoms with Gasteiger partial charge in [0.1, 0.15) is 5.75 Å². The van der Waals surface area contributed by atoms with Crippen LogP contribution >= 0.6 is 11.6 Å². The van der Waals surface area contributed by atoms with E-state index in [1.807, 2.05) is 4.72 Å². The third kappa shape index (κ3) is 6.43. The first-order chi connectivity index (χ1) is 16.8. The number of nitrogens with one attached hydrogen (secondary N) is 2. The van der Waals surface area contributed by atoms with Gasteiger partial charge in [0, 0.05) is 11.8 Å². The Morgan fingerprint density at radius 2 is 1.81 bits per heavy atom. The van der Waals surface area contributed by atoms with Crippen molar-refractivity contribution in [3.8, 4) is 5.75 Å². The zero-order valence-corrected chi connectivity index (χ0v) is 19.9. The number of alkyl halides is 3. The molecular formula is C22H17ClF3N3O6S. The summed E-state index contributed by atoms with van der Waals surface area (Å²) in [6.07, 6.45) is -4.65. The highest BCUT2D eigenvalue weighted by molar-refractivity contribution is 7.92. The van der Waals surface area contributed by atoms with Gasteiger partial charge in [-0.05, 0) is 49.4 Å². The first-order valence-electron chi connectivity index (χ1n) is 9.94. The topological polar surface area (TPSA) is 128 Å². The molecule has 0 saturated carbocycles. The molecule has 0 bridgehead atoms. The molecule has 1 amide bonds. The summed E-state index contributed by atoms with van der Waals surface area (Å²) in [5, 5.41) is 13.3. The molecule has 9 nitrogen and oxygen atoms in total. The maximum absolute atomic E-state index is 12.9. The summed E-state index contributed by atoms with van der Waals surface area (Å²) in [5.41, 5.74) is -1.03. The van der Waals surface area contributed by atoms with Gasteiger partial charge in [0.15, 0.2) is 6.61 Å². The number of nitrogens with zero attached hydrogens (tertiary/aromatic N) is 1. The van der Waals surface area contributed by atoms with Crippen LogP contribution in [0.3, 0.4) is 0 Å². The van der Waals surface area contributed by atoms with Gasteiger partial charge < -0.3 is 10.1 Å². The molecule has 0 aliphatic rings. The highest BCUT2D eigenvalue weighted by Crippen LogP contribution is 2.32. The van der Waals surface area contributed by atoms with Crippen LogP contribution in [0.2, 0.25) is 5.02 Å². The second-order valence-corrected chi connectivity index (χ2v) is 9.41. The van der Waals surface area contributed by atoms with Crippen LogP contribution in [-0.2, 0) is 21.0 Å². The van der Waals surface area contributed by atoms with E-state index in [0.717, 1.165) is 30.3 Å². The van der Waals surface area contributed by atoms with Gasteiger partial charge in [-0.15, -0.1) is 0 Å². The molecule has 0 fully saturated rings. The third-order valence-electron chi connectivity index (χ3n) is 4.79. The van der Waals surface area contributed by atoms with E-state index in [2.05, 4.69) is 5.32 Å². The zero-order valence-electron chi connectivity index (χ0n) is 18.3. The number of nitro groups is 1. The molecule has 0 atom stereocenters. The predicted molar refractivity (Wildman–Crippen MR) is 126 cm³/mol. The Balaban J connectivity index is 1.68. The van der Waals surface area contributed by atoms with Crippen molar-refractivity contribution in [1.82, 2.24) is 0 Å². The van der Waals surface area contributed by atoms with Crippen LogP contribution in [-0.4, -0.2) is 25.9 Å². The van der Waals surface area contributed by atoms with Gasteiger partial charge in [0.25, 0.3) is 21.6 Å². The number of rotatable bonds is 8. The number of halogens is 4. The van der Waals surface area contributed by atoms with Crippen molar-refractivity contribution in [2.75, 3.05) is 16.6 Å². The van der Waals surface area contributed by atoms with Gasteiger partial charge in [0.2, 0.25) is 0 Å². The molecule has 3 aromatic rings. The normalized spacial score (nSPS) is 11.6. The Morgan fingerprint density at radius 1 is 1.11 bits per heavy atom. The standard InChI is InChI=1S/C22H17ClF3N3O6S/c1-13-18(6-3-7-19(13)29(31)32)27-21(30)12-35-20-9-8-16(11-17(20)23)36(33,34)28-15-5-2-4-14(10-15)22(24,25)26/h2-11,28H,12H2,1H3,(H,27,30). The van der Waals surface area contributed by atoms with Crippen LogP contribution in [0.5, 0.6) is 5.75 Å². The molecule has 0 aliphatic heterocycles. The number of nitro benzene ring substituents is 1. The molecule has 0 radical (unpaired) electrons. The van der Waals surface area contributed by atoms with Crippen LogP contribution in [0.1, 0.15) is 11.1 Å². The van der Waals surface area contributed by atoms with E-state index in [9.17, 15) is 36.5 Å². The number of amides is 1. The summed E-state index contributed by atoms with van der Waals surface area (Å²) >= 11 is 6.08. The largest absolute Gasteiger partial charge is 0.482 e. The van der Waals surface area contributed by atoms with Gasteiger partial charge in [-0.3, -0.25) is 19.6 Å². The maximum atomic E-state index is 12.9. The van der Waals surface area contributed by atoms with Crippen molar-refractivity contribution < 1.29 is 36.0 Å². The predicted octanol–water partition coefficient (Wildman–Crippen LogP) is 5.39. The molecule has 0 heterocycles. The fourth-order valence-electron chi connectivity index (χ4n) is 3.03. The highest BCUT2D eigenvalue weighted by atomic mass is 35.5. The number of hydrogen-bond donors (Lipinski definition) is 2. The van der Waals surface area contributed by atoms with Crippen molar-refractivity contribution in [2.24, 2.45) is 0 Å². The van der Waals surface area contributed by atoms with Crippen LogP contribution in [0, 0.1) is 17.0 Å². The Morgan fingerprint density at radius 3 is 2.44 bits per heavy atom. The fourth-order valence-corrected chi connectivity index (χ4v) is 4.40. The summed E-state index contributed by atoms with van der Waals surface area (Å²) in [7, 11) is -4.29. The summed E-state index contributed by atoms with van der Waals surface area (Å²) in [4.78, 5) is 22.3. The van der Waals surface area contributed by atoms with Gasteiger partial charge in [-0.1, -0.05) is 23.7 Å². The van der Waals surface area contributed by atoms with E-state index in [-0.39, 0.29) is 38.3 Å². The van der Waals surface area contributed by atoms with Crippen molar-refractivity contribution >= 4 is 44.6 Å². The molecule has 36 heavy (non-hydrogen) atoms. The molecule has 190 valence electrons. The number of carbonyl (C=O) groups is 1. The quantitative estimate of drug-likeness (QED) is 0.289. The van der Waals surface area contributed by atoms with Crippen LogP contribution in [0.4, 0.5) is 30.2 Å². The van der Waals surface area contributed by atoms with E-state index >= 15 is 0 Å². The number of ether oxygens (including phenoxy) is 1. The average Bonchev–Trinajstić information content (AvgIpc) is 2.78. The van der Waals surface area contributed by atoms with E-state index in [0.29, 0.717) is 6.07 Å². The summed E-state index contributed by atoms with van der Waals surface area (Å²) < 4.78 is 71.2. The average molecular weight is 544 g/mol. The lowest BCUT2D eigenvalue weighted by atomic mass is 10.1. The molecule has 0 spiro atoms. The van der Waals surface area contributed by atoms with Gasteiger partial charge in [-0.25, -0.2) is 8.42 Å². The van der Waals surface area contributed by atoms with Crippen molar-refractivity contribution in [3.63, 3.8) is 0 Å². The Labute approximate surface area is 208 Å². The molecule has 3 rings (SSSR count). The SMILES string of the molecule is Cc1c(NC(=O)COc2ccc(S(=O)(=O)Nc3cccc(C(F)(F)F)c3)cc2Cl)cccc1[N+](=O)[O-]. The number of hydrogen-bond acceptors (Lipinski definition) is 6. The zero-order chi connectivity index (χ0) is 26.7. The smallest absolute Gasteiger partial charge is 0.416 e.